The summed E-state index contributed by atoms with van der Waals surface area (Å²) in [5.41, 5.74) is 2.26. The summed E-state index contributed by atoms with van der Waals surface area (Å²) < 4.78 is 35.8. The molecule has 0 bridgehead atoms. The van der Waals surface area contributed by atoms with Crippen LogP contribution in [0.3, 0.4) is 0 Å². The lowest BCUT2D eigenvalue weighted by Gasteiger charge is -2.23. The van der Waals surface area contributed by atoms with Gasteiger partial charge in [-0.25, -0.2) is 18.1 Å². The summed E-state index contributed by atoms with van der Waals surface area (Å²) in [7, 11) is -3.99. The summed E-state index contributed by atoms with van der Waals surface area (Å²) >= 11 is 8.10. The Balaban J connectivity index is 1.85. The van der Waals surface area contributed by atoms with E-state index in [1.807, 2.05) is 72.8 Å². The van der Waals surface area contributed by atoms with E-state index in [0.717, 1.165) is 11.1 Å². The minimum absolute atomic E-state index is 0.0570. The van der Waals surface area contributed by atoms with Gasteiger partial charge in [-0.3, -0.25) is 4.79 Å². The Hall–Kier alpha value is -2.47. The van der Waals surface area contributed by atoms with Crippen LogP contribution in [0.15, 0.2) is 68.8 Å². The van der Waals surface area contributed by atoms with Crippen LogP contribution in [0, 0.1) is 10.5 Å². The minimum atomic E-state index is -3.99. The van der Waals surface area contributed by atoms with Gasteiger partial charge < -0.3 is 9.73 Å². The van der Waals surface area contributed by atoms with E-state index in [-0.39, 0.29) is 21.3 Å². The Labute approximate surface area is 234 Å². The molecular weight excluding hydrogens is 625 g/mol. The van der Waals surface area contributed by atoms with Gasteiger partial charge in [0.1, 0.15) is 14.3 Å². The molecule has 2 aromatic heterocycles. The molecule has 2 N–H and O–H groups in total. The van der Waals surface area contributed by atoms with Gasteiger partial charge in [0.2, 0.25) is 5.43 Å². The average molecular weight is 652 g/mol. The Kier molecular flexibility index (Phi) is 7.72. The van der Waals surface area contributed by atoms with E-state index in [4.69, 9.17) is 16.0 Å². The van der Waals surface area contributed by atoms with Crippen LogP contribution in [-0.4, -0.2) is 18.9 Å². The highest BCUT2D eigenvalue weighted by Crippen LogP contribution is 2.34. The van der Waals surface area contributed by atoms with E-state index < -0.39 is 21.6 Å². The quantitative estimate of drug-likeness (QED) is 0.178. The lowest BCUT2D eigenvalue weighted by Crippen LogP contribution is -2.41. The number of hydrogen-bond acceptors (Lipinski definition) is 6. The first-order chi connectivity index (χ1) is 17.3. The zero-order valence-electron chi connectivity index (χ0n) is 21.0. The molecule has 0 radical (unpaired) electrons. The minimum Gasteiger partial charge on any atom is -0.454 e. The zero-order chi connectivity index (χ0) is 27.1. The van der Waals surface area contributed by atoms with Crippen LogP contribution in [0.25, 0.3) is 22.3 Å². The number of fused-ring (bicyclic) bond motifs is 1. The molecule has 7 nitrogen and oxygen atoms in total. The van der Waals surface area contributed by atoms with Crippen molar-refractivity contribution in [2.45, 2.75) is 51.2 Å². The van der Waals surface area contributed by atoms with Crippen molar-refractivity contribution in [1.82, 2.24) is 9.71 Å². The molecule has 4 aromatic rings. The van der Waals surface area contributed by atoms with Gasteiger partial charge in [-0.15, -0.1) is 0 Å². The fraction of sp³-hybridized carbons (Fsp3) is 0.259. The molecule has 10 heteroatoms. The molecule has 2 aromatic carbocycles. The number of sulfonamides is 1. The third-order valence-corrected chi connectivity index (χ3v) is 8.40. The second kappa shape index (κ2) is 10.4. The van der Waals surface area contributed by atoms with Crippen LogP contribution in [-0.2, 0) is 10.0 Å². The third kappa shape index (κ3) is 6.00. The monoisotopic (exact) mass is 651 g/mol. The molecular formula is C27H27ClIN3O4S. The third-order valence-electron chi connectivity index (χ3n) is 5.51. The molecule has 4 rings (SSSR count). The van der Waals surface area contributed by atoms with Crippen molar-refractivity contribution >= 4 is 60.9 Å². The molecule has 0 amide bonds. The molecule has 0 saturated carbocycles. The molecule has 0 spiro atoms. The van der Waals surface area contributed by atoms with Crippen molar-refractivity contribution in [2.24, 2.45) is 0 Å². The van der Waals surface area contributed by atoms with Crippen LogP contribution in [0.1, 0.15) is 44.9 Å². The number of halogens is 2. The molecule has 1 atom stereocenters. The number of nitrogens with one attached hydrogen (secondary N) is 2. The standard InChI is InChI=1S/C27H27ClIN3O4S/c1-15-13-18(25-19(14-15)23(33)22(29)24(36-25)17-9-7-6-8-10-17)16(2)30-20-11-12-21(28)31-26(20)37(34,35)32-27(3,4)5/h6-14,16,30,32H,1-5H3. The average Bonchev–Trinajstić information content (AvgIpc) is 2.81. The maximum atomic E-state index is 13.4. The predicted molar refractivity (Wildman–Crippen MR) is 157 cm³/mol. The molecule has 0 aliphatic heterocycles. The van der Waals surface area contributed by atoms with Crippen molar-refractivity contribution in [2.75, 3.05) is 5.32 Å². The fourth-order valence-electron chi connectivity index (χ4n) is 4.04. The number of aromatic nitrogens is 1. The highest BCUT2D eigenvalue weighted by molar-refractivity contribution is 14.1. The Morgan fingerprint density at radius 2 is 1.76 bits per heavy atom. The van der Waals surface area contributed by atoms with E-state index in [9.17, 15) is 13.2 Å². The molecule has 2 heterocycles. The van der Waals surface area contributed by atoms with Crippen LogP contribution in [0.4, 0.5) is 5.69 Å². The topological polar surface area (TPSA) is 101 Å². The number of anilines is 1. The van der Waals surface area contributed by atoms with Crippen LogP contribution < -0.4 is 15.5 Å². The smallest absolute Gasteiger partial charge is 0.260 e. The second-order valence-corrected chi connectivity index (χ2v) is 12.9. The van der Waals surface area contributed by atoms with Crippen molar-refractivity contribution in [3.8, 4) is 11.3 Å². The number of benzene rings is 2. The molecule has 0 aliphatic rings. The number of nitrogens with zero attached hydrogens (tertiary/aromatic N) is 1. The number of rotatable bonds is 6. The Bertz CT molecular complexity index is 1650. The Morgan fingerprint density at radius 3 is 2.41 bits per heavy atom. The van der Waals surface area contributed by atoms with E-state index in [2.05, 4.69) is 15.0 Å². The fourth-order valence-corrected chi connectivity index (χ4v) is 6.49. The summed E-state index contributed by atoms with van der Waals surface area (Å²) in [5.74, 6) is 0.488. The number of hydrogen-bond donors (Lipinski definition) is 2. The predicted octanol–water partition coefficient (Wildman–Crippen LogP) is 6.67. The molecule has 37 heavy (non-hydrogen) atoms. The van der Waals surface area contributed by atoms with Crippen LogP contribution in [0.2, 0.25) is 5.15 Å². The van der Waals surface area contributed by atoms with Gasteiger partial charge in [-0.2, -0.15) is 0 Å². The summed E-state index contributed by atoms with van der Waals surface area (Å²) in [6, 6.07) is 15.8. The maximum Gasteiger partial charge on any atom is 0.260 e. The first-order valence-corrected chi connectivity index (χ1v) is 14.5. The molecule has 0 saturated heterocycles. The van der Waals surface area contributed by atoms with Gasteiger partial charge in [-0.05, 0) is 81.0 Å². The van der Waals surface area contributed by atoms with Crippen molar-refractivity contribution in [3.63, 3.8) is 0 Å². The summed E-state index contributed by atoms with van der Waals surface area (Å²) in [6.45, 7) is 9.02. The first kappa shape index (κ1) is 27.6. The normalized spacial score (nSPS) is 13.1. The molecule has 194 valence electrons. The van der Waals surface area contributed by atoms with Gasteiger partial charge in [0.05, 0.1) is 17.1 Å². The maximum absolute atomic E-state index is 13.4. The van der Waals surface area contributed by atoms with Gasteiger partial charge in [0, 0.05) is 16.7 Å². The van der Waals surface area contributed by atoms with E-state index >= 15 is 0 Å². The summed E-state index contributed by atoms with van der Waals surface area (Å²) in [6.07, 6.45) is 0. The highest BCUT2D eigenvalue weighted by atomic mass is 127. The van der Waals surface area contributed by atoms with Crippen molar-refractivity contribution < 1.29 is 12.8 Å². The zero-order valence-corrected chi connectivity index (χ0v) is 24.7. The number of pyridine rings is 1. The van der Waals surface area contributed by atoms with Gasteiger partial charge in [0.25, 0.3) is 10.0 Å². The largest absolute Gasteiger partial charge is 0.454 e. The van der Waals surface area contributed by atoms with E-state index in [1.54, 1.807) is 32.9 Å². The molecule has 0 aliphatic carbocycles. The van der Waals surface area contributed by atoms with Gasteiger partial charge in [0.15, 0.2) is 10.8 Å². The Morgan fingerprint density at radius 1 is 1.08 bits per heavy atom. The van der Waals surface area contributed by atoms with E-state index in [0.29, 0.717) is 25.9 Å². The van der Waals surface area contributed by atoms with E-state index in [1.165, 1.54) is 6.07 Å². The van der Waals surface area contributed by atoms with Gasteiger partial charge in [-0.1, -0.05) is 48.0 Å². The van der Waals surface area contributed by atoms with Crippen molar-refractivity contribution in [3.05, 3.63) is 84.7 Å². The highest BCUT2D eigenvalue weighted by Gasteiger charge is 2.28. The second-order valence-electron chi connectivity index (χ2n) is 9.88. The molecule has 0 fully saturated rings. The summed E-state index contributed by atoms with van der Waals surface area (Å²) in [4.78, 5) is 17.5. The first-order valence-electron chi connectivity index (χ1n) is 11.6. The van der Waals surface area contributed by atoms with Crippen LogP contribution >= 0.6 is 34.2 Å². The van der Waals surface area contributed by atoms with Crippen LogP contribution in [0.5, 0.6) is 0 Å². The van der Waals surface area contributed by atoms with Gasteiger partial charge >= 0.3 is 0 Å². The summed E-state index contributed by atoms with van der Waals surface area (Å²) in [5, 5.41) is 3.56. The molecule has 1 unspecified atom stereocenters. The lowest BCUT2D eigenvalue weighted by atomic mass is 10.0. The SMILES string of the molecule is Cc1cc(C(C)Nc2ccc(Cl)nc2S(=O)(=O)NC(C)(C)C)c2oc(-c3ccccc3)c(I)c(=O)c2c1. The number of aryl methyl sites for hydroxylation is 1. The lowest BCUT2D eigenvalue weighted by molar-refractivity contribution is 0.490. The van der Waals surface area contributed by atoms with Crippen molar-refractivity contribution in [1.29, 1.82) is 0 Å².